The minimum absolute atomic E-state index is 0.131. The van der Waals surface area contributed by atoms with Crippen LogP contribution in [0.5, 0.6) is 0 Å². The summed E-state index contributed by atoms with van der Waals surface area (Å²) in [7, 11) is 0. The molecular weight excluding hydrogens is 1100 g/mol. The number of nitrogens with one attached hydrogen (secondary N) is 2. The van der Waals surface area contributed by atoms with E-state index in [4.69, 9.17) is 28.9 Å². The molecule has 2 N–H and O–H groups in total. The lowest BCUT2D eigenvalue weighted by molar-refractivity contribution is 0.0464. The zero-order chi connectivity index (χ0) is 59.8. The van der Waals surface area contributed by atoms with Crippen molar-refractivity contribution in [3.8, 4) is 44.5 Å². The van der Waals surface area contributed by atoms with E-state index in [0.717, 1.165) is 66.8 Å². The summed E-state index contributed by atoms with van der Waals surface area (Å²) in [6, 6.07) is 75.3. The fraction of sp³-hybridized carbons (Fsp3) is 0.0526. The third kappa shape index (κ3) is 12.3. The Hall–Kier alpha value is -11.8. The van der Waals surface area contributed by atoms with Gasteiger partial charge in [-0.05, 0) is 142 Å². The minimum Gasteiger partial charge on any atom is -0.457 e. The number of carbonyl (C=O) groups is 4. The van der Waals surface area contributed by atoms with E-state index >= 15 is 0 Å². The Labute approximate surface area is 506 Å². The molecule has 0 saturated carbocycles. The van der Waals surface area contributed by atoms with Gasteiger partial charge in [0, 0.05) is 44.3 Å². The lowest BCUT2D eigenvalue weighted by Gasteiger charge is -2.09. The average molecular weight is 1150 g/mol. The Kier molecular flexibility index (Phi) is 15.9. The van der Waals surface area contributed by atoms with Gasteiger partial charge in [-0.3, -0.25) is 0 Å². The topological polar surface area (TPSA) is 163 Å². The smallest absolute Gasteiger partial charge is 0.338 e. The van der Waals surface area contributed by atoms with Crippen molar-refractivity contribution in [3.63, 3.8) is 0 Å². The zero-order valence-corrected chi connectivity index (χ0v) is 47.4. The van der Waals surface area contributed by atoms with Crippen LogP contribution in [0, 0.1) is 0 Å². The van der Waals surface area contributed by atoms with Crippen molar-refractivity contribution in [1.82, 2.24) is 19.9 Å². The largest absolute Gasteiger partial charge is 0.457 e. The normalized spacial score (nSPS) is 11.5. The van der Waals surface area contributed by atoms with Crippen LogP contribution in [0.3, 0.4) is 0 Å². The van der Waals surface area contributed by atoms with Gasteiger partial charge in [-0.15, -0.1) is 0 Å². The highest BCUT2D eigenvalue weighted by Gasteiger charge is 2.22. The molecule has 0 unspecified atom stereocenters. The van der Waals surface area contributed by atoms with Crippen LogP contribution in [0.25, 0.3) is 90.9 Å². The van der Waals surface area contributed by atoms with Gasteiger partial charge in [0.1, 0.15) is 26.4 Å². The first kappa shape index (κ1) is 55.4. The first-order valence-corrected chi connectivity index (χ1v) is 28.7. The first-order valence-electron chi connectivity index (χ1n) is 28.7. The van der Waals surface area contributed by atoms with Crippen LogP contribution in [0.4, 0.5) is 0 Å². The van der Waals surface area contributed by atoms with Gasteiger partial charge in [0.05, 0.1) is 45.0 Å². The number of nitrogens with zero attached hydrogens (tertiary/aromatic N) is 2. The third-order valence-corrected chi connectivity index (χ3v) is 15.2. The molecule has 11 aromatic rings. The molecule has 2 aliphatic rings. The highest BCUT2D eigenvalue weighted by Crippen LogP contribution is 2.39. The van der Waals surface area contributed by atoms with Crippen molar-refractivity contribution in [1.29, 1.82) is 0 Å². The van der Waals surface area contributed by atoms with E-state index in [9.17, 15) is 19.2 Å². The molecule has 0 aliphatic carbocycles. The fourth-order valence-electron chi connectivity index (χ4n) is 10.7. The first-order chi connectivity index (χ1) is 43.2. The Bertz CT molecular complexity index is 4050. The van der Waals surface area contributed by atoms with Gasteiger partial charge in [0.25, 0.3) is 0 Å². The molecule has 2 aliphatic heterocycles. The second-order valence-corrected chi connectivity index (χ2v) is 21.1. The molecule has 0 fully saturated rings. The van der Waals surface area contributed by atoms with Gasteiger partial charge >= 0.3 is 23.9 Å². The number of fused-ring (bicyclic) bond motifs is 8. The van der Waals surface area contributed by atoms with Crippen LogP contribution >= 0.6 is 0 Å². The molecule has 0 spiro atoms. The predicted octanol–water partition coefficient (Wildman–Crippen LogP) is 16.8. The molecule has 12 nitrogen and oxygen atoms in total. The van der Waals surface area contributed by atoms with E-state index in [-0.39, 0.29) is 26.4 Å². The number of ether oxygens (including phenoxy) is 4. The zero-order valence-electron chi connectivity index (χ0n) is 47.4. The maximum atomic E-state index is 13.5. The highest BCUT2D eigenvalue weighted by atomic mass is 16.5. The van der Waals surface area contributed by atoms with Gasteiger partial charge in [-0.1, -0.05) is 170 Å². The van der Waals surface area contributed by atoms with Crippen LogP contribution in [-0.2, 0) is 45.4 Å². The van der Waals surface area contributed by atoms with Crippen molar-refractivity contribution in [2.24, 2.45) is 0 Å². The summed E-state index contributed by atoms with van der Waals surface area (Å²) in [5.41, 5.74) is 16.5. The highest BCUT2D eigenvalue weighted by molar-refractivity contribution is 6.01. The van der Waals surface area contributed by atoms with Crippen LogP contribution < -0.4 is 0 Å². The quantitative estimate of drug-likeness (QED) is 0.0703. The summed E-state index contributed by atoms with van der Waals surface area (Å²) in [5, 5.41) is 0. The van der Waals surface area contributed by atoms with Gasteiger partial charge in [-0.25, -0.2) is 29.1 Å². The van der Waals surface area contributed by atoms with Crippen molar-refractivity contribution in [2.75, 3.05) is 0 Å². The average Bonchev–Trinajstić information content (AvgIpc) is 2.28. The van der Waals surface area contributed by atoms with Gasteiger partial charge in [0.2, 0.25) is 0 Å². The lowest BCUT2D eigenvalue weighted by atomic mass is 10.0. The van der Waals surface area contributed by atoms with Crippen LogP contribution in [0.2, 0.25) is 0 Å². The molecule has 0 radical (unpaired) electrons. The van der Waals surface area contributed by atoms with Crippen LogP contribution in [0.15, 0.2) is 243 Å². The number of aromatic amines is 2. The van der Waals surface area contributed by atoms with Crippen molar-refractivity contribution in [2.45, 2.75) is 26.4 Å². The van der Waals surface area contributed by atoms with E-state index in [1.807, 2.05) is 218 Å². The Balaban J connectivity index is 0.977. The van der Waals surface area contributed by atoms with E-state index in [1.54, 1.807) is 48.5 Å². The Morgan fingerprint density at radius 1 is 0.261 bits per heavy atom. The molecule has 0 atom stereocenters. The SMILES string of the molecule is O=C(OCc1ccccc1)c1ccc(-c2c3nc(c(-c4ccc(C(=O)OCc5ccccc5)cc4)c4ccc([nH]4)c(-c4ccc(C(=O)OCc5ccccc5)cc4)c4nc(c(-c5ccc(C(=O)OCc6ccccc6)cc5)c5ccc2[nH]5)C=C4)C=C3)cc1. The van der Waals surface area contributed by atoms with Gasteiger partial charge in [-0.2, -0.15) is 0 Å². The van der Waals surface area contributed by atoms with Crippen molar-refractivity contribution in [3.05, 3.63) is 310 Å². The third-order valence-electron chi connectivity index (χ3n) is 15.2. The molecule has 426 valence electrons. The van der Waals surface area contributed by atoms with E-state index in [2.05, 4.69) is 9.97 Å². The summed E-state index contributed by atoms with van der Waals surface area (Å²) >= 11 is 0. The van der Waals surface area contributed by atoms with Crippen molar-refractivity contribution < 1.29 is 38.1 Å². The maximum Gasteiger partial charge on any atom is 0.338 e. The van der Waals surface area contributed by atoms with Crippen LogP contribution in [-0.4, -0.2) is 43.8 Å². The molecule has 3 aromatic heterocycles. The molecule has 0 amide bonds. The number of benzene rings is 8. The summed E-state index contributed by atoms with van der Waals surface area (Å²) in [5.74, 6) is -1.83. The van der Waals surface area contributed by atoms with E-state index < -0.39 is 23.9 Å². The van der Waals surface area contributed by atoms with Gasteiger partial charge < -0.3 is 28.9 Å². The molecule has 5 heterocycles. The molecule has 8 bridgehead atoms. The summed E-state index contributed by atoms with van der Waals surface area (Å²) < 4.78 is 22.9. The summed E-state index contributed by atoms with van der Waals surface area (Å²) in [6.07, 6.45) is 7.89. The van der Waals surface area contributed by atoms with Crippen LogP contribution in [0.1, 0.15) is 86.5 Å². The molecule has 0 saturated heterocycles. The van der Waals surface area contributed by atoms with Crippen molar-refractivity contribution >= 4 is 70.2 Å². The number of hydrogen-bond acceptors (Lipinski definition) is 10. The summed E-state index contributed by atoms with van der Waals surface area (Å²) in [6.45, 7) is 0.526. The predicted molar refractivity (Wildman–Crippen MR) is 343 cm³/mol. The lowest BCUT2D eigenvalue weighted by Crippen LogP contribution is -2.05. The molecule has 88 heavy (non-hydrogen) atoms. The Morgan fingerprint density at radius 3 is 0.670 bits per heavy atom. The standard InChI is InChI=1S/C76H54N4O8/c81-73(85-45-49-13-5-1-6-14-49)57-29-21-53(22-30-57)69-61-37-39-63(77-61)70(54-23-31-58(32-24-54)74(82)86-46-50-15-7-2-8-16-50)65-41-43-67(79-65)72(56-27-35-60(36-28-56)76(84)88-48-52-19-11-4-12-20-52)68-44-42-66(80-68)71(64-40-38-62(69)78-64)55-25-33-59(34-26-55)75(83)87-47-51-17-9-3-10-18-51/h1-44,77,80H,45-48H2. The number of aromatic nitrogens is 4. The second kappa shape index (κ2) is 25.2. The van der Waals surface area contributed by atoms with E-state index in [1.165, 1.54) is 0 Å². The molecule has 8 aromatic carbocycles. The number of hydrogen-bond donors (Lipinski definition) is 2. The van der Waals surface area contributed by atoms with Gasteiger partial charge in [0.15, 0.2) is 0 Å². The number of rotatable bonds is 16. The number of carbonyl (C=O) groups excluding carboxylic acids is 4. The molecule has 12 heteroatoms. The molecule has 13 rings (SSSR count). The number of esters is 4. The number of H-pyrrole nitrogens is 2. The monoisotopic (exact) mass is 1150 g/mol. The maximum absolute atomic E-state index is 13.5. The second-order valence-electron chi connectivity index (χ2n) is 21.1. The van der Waals surface area contributed by atoms with E-state index in [0.29, 0.717) is 67.1 Å². The minimum atomic E-state index is -0.456. The molecular formula is C76H54N4O8. The Morgan fingerprint density at radius 2 is 0.466 bits per heavy atom. The fourth-order valence-corrected chi connectivity index (χ4v) is 10.7. The summed E-state index contributed by atoms with van der Waals surface area (Å²) in [4.78, 5) is 72.3.